The van der Waals surface area contributed by atoms with Crippen molar-refractivity contribution in [2.45, 2.75) is 63.6 Å². The molecular weight excluding hydrogens is 654 g/mol. The van der Waals surface area contributed by atoms with Gasteiger partial charge >= 0.3 is 5.69 Å². The maximum atomic E-state index is 14.6. The summed E-state index contributed by atoms with van der Waals surface area (Å²) in [6.45, 7) is 3.42. The molecule has 264 valence electrons. The van der Waals surface area contributed by atoms with Gasteiger partial charge in [-0.3, -0.25) is 14.3 Å². The molecule has 1 aliphatic carbocycles. The third kappa shape index (κ3) is 6.76. The zero-order valence-electron chi connectivity index (χ0n) is 28.3. The van der Waals surface area contributed by atoms with E-state index >= 15 is 0 Å². The van der Waals surface area contributed by atoms with Gasteiger partial charge in [-0.15, -0.1) is 0 Å². The topological polar surface area (TPSA) is 112 Å². The van der Waals surface area contributed by atoms with E-state index in [-0.39, 0.29) is 35.5 Å². The average molecular weight is 696 g/mol. The summed E-state index contributed by atoms with van der Waals surface area (Å²) in [4.78, 5) is 40.4. The second-order valence-corrected chi connectivity index (χ2v) is 14.0. The number of amidine groups is 1. The lowest BCUT2D eigenvalue weighted by molar-refractivity contribution is -0.763. The number of likely N-dealkylation sites (tertiary alicyclic amines) is 1. The number of phenols is 1. The molecule has 2 fully saturated rings. The van der Waals surface area contributed by atoms with Crippen molar-refractivity contribution >= 4 is 16.9 Å². The van der Waals surface area contributed by atoms with Crippen molar-refractivity contribution in [3.63, 3.8) is 0 Å². The molecule has 8 rings (SSSR count). The number of aliphatic imine (C=N–C) groups is 1. The first-order valence-electron chi connectivity index (χ1n) is 17.8. The highest BCUT2D eigenvalue weighted by Crippen LogP contribution is 2.31. The molecule has 0 radical (unpaired) electrons. The predicted octanol–water partition coefficient (Wildman–Crippen LogP) is 3.93. The van der Waals surface area contributed by atoms with Crippen molar-refractivity contribution in [1.82, 2.24) is 29.5 Å². The molecule has 1 saturated carbocycles. The van der Waals surface area contributed by atoms with E-state index < -0.39 is 17.1 Å². The van der Waals surface area contributed by atoms with Gasteiger partial charge in [-0.2, -0.15) is 10.1 Å². The number of hydrogen-bond acceptors (Lipinski definition) is 8. The monoisotopic (exact) mass is 695 g/mol. The van der Waals surface area contributed by atoms with Gasteiger partial charge in [0.25, 0.3) is 5.56 Å². The third-order valence-electron chi connectivity index (χ3n) is 10.5. The number of fused-ring (bicyclic) bond motifs is 2. The molecule has 2 aromatic heterocycles. The Morgan fingerprint density at radius 2 is 1.82 bits per heavy atom. The first kappa shape index (κ1) is 33.2. The number of benzene rings is 2. The molecule has 0 amide bonds. The summed E-state index contributed by atoms with van der Waals surface area (Å²) in [6.07, 6.45) is 12.1. The maximum absolute atomic E-state index is 14.6. The van der Waals surface area contributed by atoms with Gasteiger partial charge in [0.05, 0.1) is 17.3 Å². The van der Waals surface area contributed by atoms with E-state index in [1.807, 2.05) is 30.5 Å². The van der Waals surface area contributed by atoms with Crippen LogP contribution >= 0.6 is 0 Å². The SMILES string of the molecule is O=c1c2cc(F)cnc2n(-c2cccc(-c3ccc(O)cc3CN3CCCCC3)c2)c(=O)n1C1CCC(NCC2=C[NH+]3CN(F)C=CC3=N2)CC1. The zero-order valence-corrected chi connectivity index (χ0v) is 28.3. The highest BCUT2D eigenvalue weighted by Gasteiger charge is 2.30. The molecule has 13 heteroatoms. The Morgan fingerprint density at radius 1 is 1.00 bits per heavy atom. The van der Waals surface area contributed by atoms with Crippen LogP contribution in [0.4, 0.5) is 8.87 Å². The second-order valence-electron chi connectivity index (χ2n) is 14.0. The molecule has 4 aliphatic rings. The molecule has 4 aromatic rings. The number of piperidine rings is 1. The van der Waals surface area contributed by atoms with Crippen LogP contribution in [0.15, 0.2) is 93.5 Å². The number of nitrogens with zero attached hydrogens (tertiary/aromatic N) is 6. The molecule has 11 nitrogen and oxygen atoms in total. The Hall–Kier alpha value is -4.98. The highest BCUT2D eigenvalue weighted by atomic mass is 19.2. The summed E-state index contributed by atoms with van der Waals surface area (Å²) >= 11 is 0. The lowest BCUT2D eigenvalue weighted by atomic mass is 9.91. The molecule has 3 N–H and O–H groups in total. The third-order valence-corrected chi connectivity index (χ3v) is 10.5. The van der Waals surface area contributed by atoms with Crippen molar-refractivity contribution in [3.05, 3.63) is 111 Å². The molecule has 1 unspecified atom stereocenters. The highest BCUT2D eigenvalue weighted by molar-refractivity contribution is 5.88. The number of rotatable bonds is 8. The summed E-state index contributed by atoms with van der Waals surface area (Å²) in [5.74, 6) is 0.330. The Balaban J connectivity index is 1.08. The van der Waals surface area contributed by atoms with Crippen molar-refractivity contribution < 1.29 is 18.9 Å². The van der Waals surface area contributed by atoms with Gasteiger partial charge in [0, 0.05) is 37.4 Å². The molecule has 5 heterocycles. The maximum Gasteiger partial charge on any atom is 0.337 e. The zero-order chi connectivity index (χ0) is 35.1. The van der Waals surface area contributed by atoms with Gasteiger partial charge in [0.15, 0.2) is 12.3 Å². The van der Waals surface area contributed by atoms with Gasteiger partial charge in [-0.05, 0) is 98.6 Å². The minimum atomic E-state index is -0.651. The van der Waals surface area contributed by atoms with E-state index in [4.69, 9.17) is 0 Å². The Morgan fingerprint density at radius 3 is 2.65 bits per heavy atom. The number of nitrogens with one attached hydrogen (secondary N) is 2. The summed E-state index contributed by atoms with van der Waals surface area (Å²) in [5, 5.41) is 14.6. The fourth-order valence-corrected chi connectivity index (χ4v) is 7.95. The van der Waals surface area contributed by atoms with Crippen LogP contribution in [0, 0.1) is 5.82 Å². The molecule has 0 bridgehead atoms. The number of halogens is 2. The van der Waals surface area contributed by atoms with E-state index in [2.05, 4.69) is 20.2 Å². The van der Waals surface area contributed by atoms with Gasteiger partial charge < -0.3 is 10.4 Å². The fraction of sp³-hybridized carbons (Fsp3) is 0.368. The van der Waals surface area contributed by atoms with Gasteiger partial charge in [-0.1, -0.05) is 29.1 Å². The van der Waals surface area contributed by atoms with Gasteiger partial charge in [-0.25, -0.2) is 23.6 Å². The number of phenolic OH excluding ortho intramolecular Hbond substituents is 1. The molecular formula is C38H41F2N8O3+. The minimum Gasteiger partial charge on any atom is -0.508 e. The Bertz CT molecular complexity index is 2180. The first-order chi connectivity index (χ1) is 24.8. The number of quaternary nitrogens is 1. The fourth-order valence-electron chi connectivity index (χ4n) is 7.95. The summed E-state index contributed by atoms with van der Waals surface area (Å²) in [6, 6.07) is 13.8. The normalized spacial score (nSPS) is 22.2. The molecule has 1 saturated heterocycles. The van der Waals surface area contributed by atoms with Crippen molar-refractivity contribution in [3.8, 4) is 22.6 Å². The van der Waals surface area contributed by atoms with Crippen LogP contribution in [0.2, 0.25) is 0 Å². The number of aromatic nitrogens is 3. The van der Waals surface area contributed by atoms with E-state index in [0.29, 0.717) is 36.7 Å². The first-order valence-corrected chi connectivity index (χ1v) is 17.8. The van der Waals surface area contributed by atoms with Crippen LogP contribution < -0.4 is 21.5 Å². The van der Waals surface area contributed by atoms with Gasteiger partial charge in [0.1, 0.15) is 23.5 Å². The van der Waals surface area contributed by atoms with E-state index in [9.17, 15) is 23.6 Å². The summed E-state index contributed by atoms with van der Waals surface area (Å²) in [5.41, 5.74) is 3.18. The lowest BCUT2D eigenvalue weighted by Crippen LogP contribution is -3.11. The predicted molar refractivity (Wildman–Crippen MR) is 191 cm³/mol. The molecule has 1 atom stereocenters. The van der Waals surface area contributed by atoms with Crippen LogP contribution in [-0.2, 0) is 6.54 Å². The number of hydrogen-bond donors (Lipinski definition) is 3. The number of aromatic hydroxyl groups is 1. The average Bonchev–Trinajstić information content (AvgIpc) is 3.54. The minimum absolute atomic E-state index is 0.0443. The smallest absolute Gasteiger partial charge is 0.337 e. The van der Waals surface area contributed by atoms with Crippen LogP contribution in [0.5, 0.6) is 5.75 Å². The molecule has 3 aliphatic heterocycles. The van der Waals surface area contributed by atoms with Crippen molar-refractivity contribution in [2.75, 3.05) is 26.3 Å². The van der Waals surface area contributed by atoms with Crippen molar-refractivity contribution in [1.29, 1.82) is 0 Å². The number of pyridine rings is 1. The van der Waals surface area contributed by atoms with Crippen LogP contribution in [0.1, 0.15) is 56.6 Å². The lowest BCUT2D eigenvalue weighted by Gasteiger charge is -2.30. The summed E-state index contributed by atoms with van der Waals surface area (Å²) in [7, 11) is 0. The Labute approximate surface area is 293 Å². The van der Waals surface area contributed by atoms with Crippen LogP contribution in [-0.4, -0.2) is 67.4 Å². The second kappa shape index (κ2) is 14.0. The molecule has 2 aromatic carbocycles. The van der Waals surface area contributed by atoms with E-state index in [1.165, 1.54) is 21.8 Å². The Kier molecular flexibility index (Phi) is 9.09. The quantitative estimate of drug-likeness (QED) is 0.240. The molecule has 51 heavy (non-hydrogen) atoms. The largest absolute Gasteiger partial charge is 0.508 e. The van der Waals surface area contributed by atoms with Crippen LogP contribution in [0.25, 0.3) is 27.8 Å². The van der Waals surface area contributed by atoms with Crippen LogP contribution in [0.3, 0.4) is 0 Å². The standard InChI is InChI=1S/C38H40F2N8O3/c39-27-19-34-36(42-20-27)47(31-6-4-5-25(17-31)33-12-11-32(49)18-26(33)22-44-14-2-1-3-15-44)38(51)48(37(34)50)30-9-7-28(8-10-30)41-21-29-23-45-24-46(40)16-13-35(45)43-29/h4-6,11-13,16-20,23,28,30,41,49H,1-3,7-10,14-15,21-22,24H2/p+1. The summed E-state index contributed by atoms with van der Waals surface area (Å²) < 4.78 is 30.9. The van der Waals surface area contributed by atoms with E-state index in [0.717, 1.165) is 84.2 Å². The van der Waals surface area contributed by atoms with Gasteiger partial charge in [0.2, 0.25) is 5.84 Å². The van der Waals surface area contributed by atoms with E-state index in [1.54, 1.807) is 24.3 Å². The molecule has 0 spiro atoms. The van der Waals surface area contributed by atoms with Crippen molar-refractivity contribution in [2.24, 2.45) is 4.99 Å².